The topological polar surface area (TPSA) is 90.6 Å². The molecule has 6 nitrogen and oxygen atoms in total. The summed E-state index contributed by atoms with van der Waals surface area (Å²) in [5, 5.41) is 3.04. The van der Waals surface area contributed by atoms with E-state index in [0.717, 1.165) is 0 Å². The number of rotatable bonds is 9. The Hall–Kier alpha value is -0.790. The second-order valence-corrected chi connectivity index (χ2v) is 7.06. The SMILES string of the molecule is CCOC(=O)[C@@H](C)NC(=O)C(OC)[C@@H](N)C(C)SC(C)C. The van der Waals surface area contributed by atoms with E-state index < -0.39 is 30.1 Å². The van der Waals surface area contributed by atoms with Gasteiger partial charge in [0.15, 0.2) is 6.10 Å². The number of hydrogen-bond donors (Lipinski definition) is 2. The number of carbonyl (C=O) groups is 2. The second-order valence-electron chi connectivity index (χ2n) is 5.11. The lowest BCUT2D eigenvalue weighted by Gasteiger charge is -2.28. The lowest BCUT2D eigenvalue weighted by molar-refractivity contribution is -0.148. The molecule has 21 heavy (non-hydrogen) atoms. The van der Waals surface area contributed by atoms with Gasteiger partial charge in [0.1, 0.15) is 6.04 Å². The van der Waals surface area contributed by atoms with Crippen LogP contribution in [0.1, 0.15) is 34.6 Å². The lowest BCUT2D eigenvalue weighted by Crippen LogP contribution is -2.54. The number of ether oxygens (including phenoxy) is 2. The van der Waals surface area contributed by atoms with Gasteiger partial charge in [-0.05, 0) is 19.1 Å². The molecule has 1 amide bonds. The number of methoxy groups -OCH3 is 1. The Kier molecular flexibility index (Phi) is 9.65. The Morgan fingerprint density at radius 3 is 2.24 bits per heavy atom. The van der Waals surface area contributed by atoms with E-state index in [2.05, 4.69) is 19.2 Å². The summed E-state index contributed by atoms with van der Waals surface area (Å²) < 4.78 is 10.1. The summed E-state index contributed by atoms with van der Waals surface area (Å²) in [7, 11) is 1.44. The van der Waals surface area contributed by atoms with Gasteiger partial charge >= 0.3 is 5.97 Å². The third-order valence-electron chi connectivity index (χ3n) is 2.89. The molecule has 0 aliphatic carbocycles. The van der Waals surface area contributed by atoms with Crippen molar-refractivity contribution < 1.29 is 19.1 Å². The second kappa shape index (κ2) is 10.0. The van der Waals surface area contributed by atoms with Gasteiger partial charge in [0.25, 0.3) is 5.91 Å². The van der Waals surface area contributed by atoms with E-state index >= 15 is 0 Å². The molecule has 4 atom stereocenters. The molecule has 0 aromatic heterocycles. The molecule has 0 radical (unpaired) electrons. The first-order chi connectivity index (χ1) is 9.74. The monoisotopic (exact) mass is 320 g/mol. The molecule has 0 bridgehead atoms. The Morgan fingerprint density at radius 1 is 1.24 bits per heavy atom. The predicted molar refractivity (Wildman–Crippen MR) is 85.2 cm³/mol. The molecule has 0 aromatic rings. The van der Waals surface area contributed by atoms with Gasteiger partial charge in [-0.3, -0.25) is 4.79 Å². The molecule has 0 saturated heterocycles. The highest BCUT2D eigenvalue weighted by Gasteiger charge is 2.32. The van der Waals surface area contributed by atoms with Crippen molar-refractivity contribution in [3.8, 4) is 0 Å². The molecule has 3 N–H and O–H groups in total. The van der Waals surface area contributed by atoms with Crippen LogP contribution in [0.15, 0.2) is 0 Å². The maximum atomic E-state index is 12.2. The minimum Gasteiger partial charge on any atom is -0.464 e. The molecule has 0 aliphatic heterocycles. The van der Waals surface area contributed by atoms with Gasteiger partial charge in [0.2, 0.25) is 0 Å². The highest BCUT2D eigenvalue weighted by Crippen LogP contribution is 2.21. The van der Waals surface area contributed by atoms with E-state index in [1.165, 1.54) is 7.11 Å². The van der Waals surface area contributed by atoms with Crippen molar-refractivity contribution in [2.24, 2.45) is 5.73 Å². The van der Waals surface area contributed by atoms with Crippen LogP contribution in [-0.4, -0.2) is 54.3 Å². The van der Waals surface area contributed by atoms with Crippen LogP contribution in [0.4, 0.5) is 0 Å². The normalized spacial score (nSPS) is 17.0. The third kappa shape index (κ3) is 7.15. The highest BCUT2D eigenvalue weighted by molar-refractivity contribution is 8.00. The maximum Gasteiger partial charge on any atom is 0.328 e. The minimum absolute atomic E-state index is 0.0543. The molecule has 0 rings (SSSR count). The average Bonchev–Trinajstić information content (AvgIpc) is 2.38. The van der Waals surface area contributed by atoms with Gasteiger partial charge < -0.3 is 20.5 Å². The molecule has 124 valence electrons. The number of carbonyl (C=O) groups excluding carboxylic acids is 2. The van der Waals surface area contributed by atoms with Crippen LogP contribution in [0.5, 0.6) is 0 Å². The summed E-state index contributed by atoms with van der Waals surface area (Å²) >= 11 is 1.68. The average molecular weight is 320 g/mol. The molecule has 0 aromatic carbocycles. The zero-order valence-corrected chi connectivity index (χ0v) is 14.5. The summed E-state index contributed by atoms with van der Waals surface area (Å²) in [6.45, 7) is 9.65. The summed E-state index contributed by atoms with van der Waals surface area (Å²) in [5.41, 5.74) is 6.11. The maximum absolute atomic E-state index is 12.2. The number of hydrogen-bond acceptors (Lipinski definition) is 6. The van der Waals surface area contributed by atoms with Crippen molar-refractivity contribution in [1.29, 1.82) is 0 Å². The van der Waals surface area contributed by atoms with E-state index in [1.807, 2.05) is 6.92 Å². The van der Waals surface area contributed by atoms with Crippen molar-refractivity contribution in [1.82, 2.24) is 5.32 Å². The fraction of sp³-hybridized carbons (Fsp3) is 0.857. The number of thioether (sulfide) groups is 1. The van der Waals surface area contributed by atoms with Crippen LogP contribution in [0.3, 0.4) is 0 Å². The molecular formula is C14H28N2O4S. The molecule has 7 heteroatoms. The fourth-order valence-electron chi connectivity index (χ4n) is 1.83. The van der Waals surface area contributed by atoms with Crippen molar-refractivity contribution in [3.63, 3.8) is 0 Å². The van der Waals surface area contributed by atoms with Gasteiger partial charge in [-0.1, -0.05) is 20.8 Å². The van der Waals surface area contributed by atoms with Gasteiger partial charge in [-0.15, -0.1) is 0 Å². The number of nitrogens with two attached hydrogens (primary N) is 1. The summed E-state index contributed by atoms with van der Waals surface area (Å²) in [4.78, 5) is 23.7. The van der Waals surface area contributed by atoms with Crippen LogP contribution >= 0.6 is 11.8 Å². The van der Waals surface area contributed by atoms with Crippen molar-refractivity contribution >= 4 is 23.6 Å². The number of amides is 1. The lowest BCUT2D eigenvalue weighted by atomic mass is 10.1. The Labute approximate surface area is 131 Å². The van der Waals surface area contributed by atoms with Gasteiger partial charge in [0.05, 0.1) is 12.6 Å². The van der Waals surface area contributed by atoms with Crippen molar-refractivity contribution in [2.45, 2.75) is 63.3 Å². The molecule has 0 saturated carbocycles. The quantitative estimate of drug-likeness (QED) is 0.614. The van der Waals surface area contributed by atoms with Crippen LogP contribution < -0.4 is 11.1 Å². The fourth-order valence-corrected chi connectivity index (χ4v) is 3.01. The van der Waals surface area contributed by atoms with Crippen molar-refractivity contribution in [2.75, 3.05) is 13.7 Å². The first-order valence-corrected chi connectivity index (χ1v) is 8.09. The van der Waals surface area contributed by atoms with Crippen LogP contribution in [-0.2, 0) is 19.1 Å². The van der Waals surface area contributed by atoms with E-state index in [9.17, 15) is 9.59 Å². The molecule has 0 fully saturated rings. The first-order valence-electron chi connectivity index (χ1n) is 7.15. The predicted octanol–water partition coefficient (Wildman–Crippen LogP) is 0.927. The summed E-state index contributed by atoms with van der Waals surface area (Å²) in [5.74, 6) is -0.874. The standard InChI is InChI=1S/C14H28N2O4S/c1-7-20-14(18)9(4)16-13(17)12(19-6)11(15)10(5)21-8(2)3/h8-12H,7,15H2,1-6H3,(H,16,17)/t9-,10?,11+,12?/m1/s1. The molecule has 0 spiro atoms. The summed E-state index contributed by atoms with van der Waals surface area (Å²) in [6, 6.07) is -1.19. The van der Waals surface area contributed by atoms with E-state index in [1.54, 1.807) is 25.6 Å². The zero-order chi connectivity index (χ0) is 16.6. The van der Waals surface area contributed by atoms with Gasteiger partial charge in [-0.25, -0.2) is 4.79 Å². The van der Waals surface area contributed by atoms with Crippen LogP contribution in [0, 0.1) is 0 Å². The molecule has 2 unspecified atom stereocenters. The minimum atomic E-state index is -0.803. The van der Waals surface area contributed by atoms with E-state index in [4.69, 9.17) is 15.2 Å². The number of nitrogens with one attached hydrogen (secondary N) is 1. The largest absolute Gasteiger partial charge is 0.464 e. The van der Waals surface area contributed by atoms with Crippen LogP contribution in [0.2, 0.25) is 0 Å². The Morgan fingerprint density at radius 2 is 1.81 bits per heavy atom. The van der Waals surface area contributed by atoms with E-state index in [0.29, 0.717) is 5.25 Å². The van der Waals surface area contributed by atoms with Gasteiger partial charge in [-0.2, -0.15) is 11.8 Å². The molecule has 0 aliphatic rings. The Bertz CT molecular complexity index is 339. The summed E-state index contributed by atoms with van der Waals surface area (Å²) in [6.07, 6.45) is -0.803. The smallest absolute Gasteiger partial charge is 0.328 e. The van der Waals surface area contributed by atoms with Crippen molar-refractivity contribution in [3.05, 3.63) is 0 Å². The van der Waals surface area contributed by atoms with Crippen LogP contribution in [0.25, 0.3) is 0 Å². The Balaban J connectivity index is 4.64. The number of esters is 1. The first kappa shape index (κ1) is 20.2. The highest BCUT2D eigenvalue weighted by atomic mass is 32.2. The van der Waals surface area contributed by atoms with Gasteiger partial charge in [0, 0.05) is 12.4 Å². The molecule has 0 heterocycles. The van der Waals surface area contributed by atoms with E-state index in [-0.39, 0.29) is 11.9 Å². The zero-order valence-electron chi connectivity index (χ0n) is 13.7. The molecular weight excluding hydrogens is 292 g/mol. The third-order valence-corrected chi connectivity index (χ3v) is 4.18.